The molecule has 45 heavy (non-hydrogen) atoms. The number of carbonyl (C=O) groups excluding carboxylic acids is 1. The summed E-state index contributed by atoms with van der Waals surface area (Å²) in [5.41, 5.74) is 3.13. The first-order valence-corrected chi connectivity index (χ1v) is 18.1. The monoisotopic (exact) mass is 656 g/mol. The predicted octanol–water partition coefficient (Wildman–Crippen LogP) is 3.41. The van der Waals surface area contributed by atoms with Gasteiger partial charge in [-0.25, -0.2) is 26.6 Å². The van der Waals surface area contributed by atoms with Crippen LogP contribution in [0.1, 0.15) is 18.2 Å². The van der Waals surface area contributed by atoms with Crippen LogP contribution in [0.2, 0.25) is 0 Å². The number of benzene rings is 2. The van der Waals surface area contributed by atoms with Gasteiger partial charge >= 0.3 is 6.09 Å². The van der Waals surface area contributed by atoms with Crippen LogP contribution < -0.4 is 15.0 Å². The minimum atomic E-state index is -3.61. The summed E-state index contributed by atoms with van der Waals surface area (Å²) >= 11 is 0. The third-order valence-corrected chi connectivity index (χ3v) is 9.76. The highest BCUT2D eigenvalue weighted by Crippen LogP contribution is 2.35. The molecule has 1 aliphatic rings. The molecule has 1 fully saturated rings. The van der Waals surface area contributed by atoms with E-state index in [9.17, 15) is 21.6 Å². The van der Waals surface area contributed by atoms with E-state index in [2.05, 4.69) is 10.2 Å². The molecule has 1 N–H and O–H groups in total. The van der Waals surface area contributed by atoms with Crippen molar-refractivity contribution in [2.75, 3.05) is 62.6 Å². The van der Waals surface area contributed by atoms with Gasteiger partial charge in [0.25, 0.3) is 0 Å². The van der Waals surface area contributed by atoms with Gasteiger partial charge in [0.2, 0.25) is 0 Å². The fourth-order valence-electron chi connectivity index (χ4n) is 5.27. The number of rotatable bonds is 9. The van der Waals surface area contributed by atoms with Crippen molar-refractivity contribution in [2.24, 2.45) is 0 Å². The Labute approximate surface area is 262 Å². The van der Waals surface area contributed by atoms with Crippen LogP contribution in [-0.2, 0) is 31.0 Å². The van der Waals surface area contributed by atoms with E-state index in [1.807, 2.05) is 19.1 Å². The topological polar surface area (TPSA) is 153 Å². The largest absolute Gasteiger partial charge is 0.495 e. The highest BCUT2D eigenvalue weighted by molar-refractivity contribution is 7.91. The number of amides is 1. The van der Waals surface area contributed by atoms with Crippen LogP contribution >= 0.6 is 0 Å². The summed E-state index contributed by atoms with van der Waals surface area (Å²) in [7, 11) is -5.57. The molecule has 13 nitrogen and oxygen atoms in total. The Morgan fingerprint density at radius 1 is 0.978 bits per heavy atom. The Bertz CT molecular complexity index is 1970. The second-order valence-corrected chi connectivity index (χ2v) is 14.8. The van der Waals surface area contributed by atoms with Gasteiger partial charge in [0, 0.05) is 56.9 Å². The fourth-order valence-corrected chi connectivity index (χ4v) is 6.82. The molecule has 2 aromatic carbocycles. The zero-order valence-electron chi connectivity index (χ0n) is 25.8. The molecule has 0 radical (unpaired) electrons. The lowest BCUT2D eigenvalue weighted by Crippen LogP contribution is -2.49. The van der Waals surface area contributed by atoms with Crippen molar-refractivity contribution >= 4 is 43.1 Å². The molecule has 3 heterocycles. The lowest BCUT2D eigenvalue weighted by molar-refractivity contribution is 0.105. The summed E-state index contributed by atoms with van der Waals surface area (Å²) in [6.45, 7) is 6.13. The predicted molar refractivity (Wildman–Crippen MR) is 171 cm³/mol. The number of piperazine rings is 1. The van der Waals surface area contributed by atoms with E-state index in [4.69, 9.17) is 19.6 Å². The number of fused-ring (bicyclic) bond motifs is 1. The van der Waals surface area contributed by atoms with Crippen molar-refractivity contribution in [1.29, 1.82) is 0 Å². The number of nitrogens with one attached hydrogen (secondary N) is 1. The Balaban J connectivity index is 1.59. The number of aryl methyl sites for hydroxylation is 1. The third kappa shape index (κ3) is 6.83. The number of carbonyl (C=O) groups is 1. The van der Waals surface area contributed by atoms with Crippen molar-refractivity contribution in [2.45, 2.75) is 30.2 Å². The van der Waals surface area contributed by atoms with Gasteiger partial charge in [0.1, 0.15) is 22.3 Å². The minimum absolute atomic E-state index is 0.0524. The van der Waals surface area contributed by atoms with Gasteiger partial charge in [0.15, 0.2) is 25.3 Å². The molecule has 1 saturated heterocycles. The van der Waals surface area contributed by atoms with E-state index >= 15 is 0 Å². The van der Waals surface area contributed by atoms with Gasteiger partial charge in [-0.05, 0) is 49.2 Å². The maximum Gasteiger partial charge on any atom is 0.409 e. The molecule has 0 spiro atoms. The van der Waals surface area contributed by atoms with E-state index < -0.39 is 19.7 Å². The number of nitrogens with zero attached hydrogens (tertiary/aromatic N) is 5. The van der Waals surface area contributed by atoms with Crippen LogP contribution in [0.5, 0.6) is 5.75 Å². The second-order valence-electron chi connectivity index (χ2n) is 10.8. The van der Waals surface area contributed by atoms with E-state index in [1.165, 1.54) is 13.4 Å². The zero-order valence-corrected chi connectivity index (χ0v) is 27.4. The van der Waals surface area contributed by atoms with Gasteiger partial charge in [-0.3, -0.25) is 0 Å². The van der Waals surface area contributed by atoms with Gasteiger partial charge in [-0.1, -0.05) is 18.2 Å². The van der Waals surface area contributed by atoms with E-state index in [1.54, 1.807) is 52.7 Å². The molecule has 1 aliphatic heterocycles. The van der Waals surface area contributed by atoms with E-state index in [0.717, 1.165) is 11.8 Å². The molecule has 15 heteroatoms. The number of sulfone groups is 2. The summed E-state index contributed by atoms with van der Waals surface area (Å²) in [6.07, 6.45) is 1.95. The molecule has 0 unspecified atom stereocenters. The summed E-state index contributed by atoms with van der Waals surface area (Å²) in [5.74, 6) is 1.47. The number of anilines is 2. The molecule has 0 atom stereocenters. The maximum absolute atomic E-state index is 12.6. The van der Waals surface area contributed by atoms with Crippen LogP contribution in [-0.4, -0.2) is 94.8 Å². The highest BCUT2D eigenvalue weighted by Gasteiger charge is 2.26. The molecule has 0 saturated carbocycles. The Morgan fingerprint density at radius 2 is 1.71 bits per heavy atom. The Morgan fingerprint density at radius 3 is 2.36 bits per heavy atom. The summed E-state index contributed by atoms with van der Waals surface area (Å²) < 4.78 is 61.6. The summed E-state index contributed by atoms with van der Waals surface area (Å²) in [4.78, 5) is 21.3. The van der Waals surface area contributed by atoms with Gasteiger partial charge in [-0.2, -0.15) is 9.61 Å². The third-order valence-electron chi connectivity index (χ3n) is 7.53. The van der Waals surface area contributed by atoms with Crippen LogP contribution in [0.15, 0.2) is 58.3 Å². The van der Waals surface area contributed by atoms with Gasteiger partial charge in [-0.15, -0.1) is 0 Å². The average Bonchev–Trinajstić information content (AvgIpc) is 3.34. The van der Waals surface area contributed by atoms with E-state index in [0.29, 0.717) is 73.4 Å². The smallest absolute Gasteiger partial charge is 0.409 e. The minimum Gasteiger partial charge on any atom is -0.495 e. The molecule has 4 aromatic rings. The normalized spacial score (nSPS) is 14.1. The lowest BCUT2D eigenvalue weighted by Gasteiger charge is -2.34. The summed E-state index contributed by atoms with van der Waals surface area (Å²) in [6, 6.07) is 13.5. The lowest BCUT2D eigenvalue weighted by atomic mass is 10.1. The van der Waals surface area contributed by atoms with Crippen molar-refractivity contribution in [3.8, 4) is 16.9 Å². The Kier molecular flexibility index (Phi) is 8.94. The average molecular weight is 657 g/mol. The quantitative estimate of drug-likeness (QED) is 0.282. The van der Waals surface area contributed by atoms with Crippen molar-refractivity contribution in [3.63, 3.8) is 0 Å². The number of aromatic nitrogens is 3. The standard InChI is InChI=1S/C30H36N6O7S2/c1-6-43-30(37)35-14-12-34(13-15-35)27-18-26(31-19-21-8-7-9-23(16-21)44(4,38)39)36-29(32-27)28(20(2)33-36)22-10-11-24(42-3)25(17-22)45(5,40)41/h7-11,16-18,31H,6,12-15,19H2,1-5H3. The molecular weight excluding hydrogens is 620 g/mol. The molecule has 240 valence electrons. The van der Waals surface area contributed by atoms with Crippen LogP contribution in [0.25, 0.3) is 16.8 Å². The number of hydrogen-bond acceptors (Lipinski definition) is 11. The van der Waals surface area contributed by atoms with Crippen molar-refractivity contribution in [1.82, 2.24) is 19.5 Å². The highest BCUT2D eigenvalue weighted by atomic mass is 32.2. The van der Waals surface area contributed by atoms with Gasteiger partial charge in [0.05, 0.1) is 24.3 Å². The maximum atomic E-state index is 12.6. The number of hydrogen-bond donors (Lipinski definition) is 1. The van der Waals surface area contributed by atoms with E-state index in [-0.39, 0.29) is 21.6 Å². The fraction of sp³-hybridized carbons (Fsp3) is 0.367. The summed E-state index contributed by atoms with van der Waals surface area (Å²) in [5, 5.41) is 8.15. The van der Waals surface area contributed by atoms with Gasteiger partial charge < -0.3 is 24.6 Å². The molecule has 0 aliphatic carbocycles. The first-order chi connectivity index (χ1) is 21.3. The van der Waals surface area contributed by atoms with Crippen LogP contribution in [0.4, 0.5) is 16.4 Å². The zero-order chi connectivity index (χ0) is 32.5. The first-order valence-electron chi connectivity index (χ1n) is 14.3. The van der Waals surface area contributed by atoms with Crippen LogP contribution in [0.3, 0.4) is 0 Å². The molecule has 0 bridgehead atoms. The SMILES string of the molecule is CCOC(=O)N1CCN(c2cc(NCc3cccc(S(C)(=O)=O)c3)n3nc(C)c(-c4ccc(OC)c(S(C)(=O)=O)c4)c3n2)CC1. The second kappa shape index (κ2) is 12.6. The van der Waals surface area contributed by atoms with Crippen molar-refractivity contribution in [3.05, 3.63) is 59.8 Å². The molecular formula is C30H36N6O7S2. The molecule has 2 aromatic heterocycles. The Hall–Kier alpha value is -4.37. The van der Waals surface area contributed by atoms with Crippen LogP contribution in [0, 0.1) is 6.92 Å². The molecule has 1 amide bonds. The first kappa shape index (κ1) is 32.0. The molecule has 5 rings (SSSR count). The number of ether oxygens (including phenoxy) is 2. The number of methoxy groups -OCH3 is 1. The van der Waals surface area contributed by atoms with Crippen molar-refractivity contribution < 1.29 is 31.1 Å².